The first-order valence-electron chi connectivity index (χ1n) is 7.65. The van der Waals surface area contributed by atoms with Gasteiger partial charge in [0.05, 0.1) is 12.8 Å². The highest BCUT2D eigenvalue weighted by Gasteiger charge is 2.52. The second kappa shape index (κ2) is 4.27. The van der Waals surface area contributed by atoms with Gasteiger partial charge in [-0.3, -0.25) is 0 Å². The Labute approximate surface area is 119 Å². The first-order valence-corrected chi connectivity index (χ1v) is 7.65. The number of aromatic nitrogens is 1. The summed E-state index contributed by atoms with van der Waals surface area (Å²) in [6.07, 6.45) is 7.86. The van der Waals surface area contributed by atoms with Crippen molar-refractivity contribution >= 4 is 5.69 Å². The minimum Gasteiger partial charge on any atom is -0.479 e. The van der Waals surface area contributed by atoms with E-state index < -0.39 is 0 Å². The van der Waals surface area contributed by atoms with Crippen LogP contribution in [0.3, 0.4) is 0 Å². The lowest BCUT2D eigenvalue weighted by molar-refractivity contribution is -0.109. The van der Waals surface area contributed by atoms with Crippen molar-refractivity contribution < 1.29 is 9.47 Å². The number of hydrogen-bond donors (Lipinski definition) is 1. The van der Waals surface area contributed by atoms with E-state index in [-0.39, 0.29) is 5.60 Å². The highest BCUT2D eigenvalue weighted by molar-refractivity contribution is 5.49. The number of nitrogens with zero attached hydrogens (tertiary/aromatic N) is 1. The Morgan fingerprint density at radius 1 is 1.10 bits per heavy atom. The van der Waals surface area contributed by atoms with Gasteiger partial charge in [0.15, 0.2) is 0 Å². The normalized spacial score (nSPS) is 38.0. The third kappa shape index (κ3) is 1.93. The Bertz CT molecular complexity index is 494. The highest BCUT2D eigenvalue weighted by atomic mass is 16.5. The largest absolute Gasteiger partial charge is 0.479 e. The molecule has 0 atom stereocenters. The van der Waals surface area contributed by atoms with Crippen LogP contribution in [-0.2, 0) is 0 Å². The Hall–Kier alpha value is -1.45. The standard InChI is InChI=1S/C16H22N2O2/c1-19-15-13(17)2-3-14(18-15)20-16-7-10-4-11(8-16)6-12(5-10)9-16/h2-3,10-12H,4-9,17H2,1H3. The van der Waals surface area contributed by atoms with Gasteiger partial charge in [-0.15, -0.1) is 0 Å². The summed E-state index contributed by atoms with van der Waals surface area (Å²) in [5.74, 6) is 3.75. The predicted molar refractivity (Wildman–Crippen MR) is 76.7 cm³/mol. The molecule has 4 saturated carbocycles. The second-order valence-electron chi connectivity index (χ2n) is 6.95. The summed E-state index contributed by atoms with van der Waals surface area (Å²) in [7, 11) is 1.59. The number of pyridine rings is 1. The summed E-state index contributed by atoms with van der Waals surface area (Å²) in [6, 6.07) is 3.69. The molecule has 5 rings (SSSR count). The molecule has 0 aliphatic heterocycles. The van der Waals surface area contributed by atoms with Gasteiger partial charge in [0.1, 0.15) is 5.60 Å². The van der Waals surface area contributed by atoms with Crippen molar-refractivity contribution in [1.82, 2.24) is 4.98 Å². The predicted octanol–water partition coefficient (Wildman–Crippen LogP) is 3.02. The zero-order chi connectivity index (χ0) is 13.7. The smallest absolute Gasteiger partial charge is 0.240 e. The van der Waals surface area contributed by atoms with Crippen LogP contribution in [0.1, 0.15) is 38.5 Å². The van der Waals surface area contributed by atoms with E-state index in [0.717, 1.165) is 17.8 Å². The van der Waals surface area contributed by atoms with E-state index >= 15 is 0 Å². The maximum atomic E-state index is 6.37. The molecule has 0 spiro atoms. The minimum absolute atomic E-state index is 0.0306. The topological polar surface area (TPSA) is 57.4 Å². The first-order chi connectivity index (χ1) is 9.66. The number of nitrogen functional groups attached to an aromatic ring is 1. The summed E-state index contributed by atoms with van der Waals surface area (Å²) in [6.45, 7) is 0. The average molecular weight is 274 g/mol. The lowest BCUT2D eigenvalue weighted by atomic mass is 9.54. The Kier molecular flexibility index (Phi) is 2.63. The average Bonchev–Trinajstić information content (AvgIpc) is 2.39. The van der Waals surface area contributed by atoms with E-state index in [1.54, 1.807) is 7.11 Å². The van der Waals surface area contributed by atoms with Gasteiger partial charge in [0.2, 0.25) is 11.8 Å². The number of rotatable bonds is 3. The molecule has 0 amide bonds. The van der Waals surface area contributed by atoms with Gasteiger partial charge in [-0.05, 0) is 62.3 Å². The second-order valence-corrected chi connectivity index (χ2v) is 6.95. The molecule has 108 valence electrons. The Balaban J connectivity index is 1.59. The fourth-order valence-corrected chi connectivity index (χ4v) is 5.03. The molecule has 0 aromatic carbocycles. The lowest BCUT2D eigenvalue weighted by Gasteiger charge is -2.55. The molecule has 20 heavy (non-hydrogen) atoms. The number of methoxy groups -OCH3 is 1. The molecule has 4 nitrogen and oxygen atoms in total. The van der Waals surface area contributed by atoms with Crippen LogP contribution in [0.4, 0.5) is 5.69 Å². The third-order valence-corrected chi connectivity index (χ3v) is 5.36. The summed E-state index contributed by atoms with van der Waals surface area (Å²) in [5, 5.41) is 0. The number of nitrogens with two attached hydrogens (primary N) is 1. The van der Waals surface area contributed by atoms with Crippen LogP contribution >= 0.6 is 0 Å². The molecule has 2 N–H and O–H groups in total. The van der Waals surface area contributed by atoms with Crippen LogP contribution in [0.2, 0.25) is 0 Å². The van der Waals surface area contributed by atoms with Gasteiger partial charge in [-0.2, -0.15) is 4.98 Å². The summed E-state index contributed by atoms with van der Waals surface area (Å²) in [5.41, 5.74) is 6.41. The van der Waals surface area contributed by atoms with Gasteiger partial charge in [-0.1, -0.05) is 0 Å². The van der Waals surface area contributed by atoms with Crippen LogP contribution in [0, 0.1) is 17.8 Å². The highest BCUT2D eigenvalue weighted by Crippen LogP contribution is 2.56. The van der Waals surface area contributed by atoms with Crippen LogP contribution < -0.4 is 15.2 Å². The summed E-state index contributed by atoms with van der Waals surface area (Å²) in [4.78, 5) is 4.40. The van der Waals surface area contributed by atoms with Gasteiger partial charge < -0.3 is 15.2 Å². The van der Waals surface area contributed by atoms with Crippen molar-refractivity contribution in [2.45, 2.75) is 44.1 Å². The van der Waals surface area contributed by atoms with E-state index in [1.165, 1.54) is 38.5 Å². The lowest BCUT2D eigenvalue weighted by Crippen LogP contribution is -2.53. The molecule has 1 heterocycles. The third-order valence-electron chi connectivity index (χ3n) is 5.36. The molecular weight excluding hydrogens is 252 g/mol. The van der Waals surface area contributed by atoms with Crippen molar-refractivity contribution in [2.24, 2.45) is 17.8 Å². The van der Waals surface area contributed by atoms with E-state index in [0.29, 0.717) is 17.4 Å². The first kappa shape index (κ1) is 12.3. The van der Waals surface area contributed by atoms with E-state index in [2.05, 4.69) is 4.98 Å². The molecule has 4 heteroatoms. The monoisotopic (exact) mass is 274 g/mol. The number of anilines is 1. The maximum Gasteiger partial charge on any atom is 0.240 e. The van der Waals surface area contributed by atoms with Crippen LogP contribution in [0.15, 0.2) is 12.1 Å². The van der Waals surface area contributed by atoms with E-state index in [4.69, 9.17) is 15.2 Å². The van der Waals surface area contributed by atoms with Crippen LogP contribution in [0.5, 0.6) is 11.8 Å². The Morgan fingerprint density at radius 2 is 1.70 bits per heavy atom. The van der Waals surface area contributed by atoms with Crippen molar-refractivity contribution in [3.05, 3.63) is 12.1 Å². The molecule has 0 saturated heterocycles. The molecular formula is C16H22N2O2. The molecule has 4 fully saturated rings. The van der Waals surface area contributed by atoms with Crippen molar-refractivity contribution in [2.75, 3.05) is 12.8 Å². The zero-order valence-electron chi connectivity index (χ0n) is 12.0. The van der Waals surface area contributed by atoms with Crippen molar-refractivity contribution in [1.29, 1.82) is 0 Å². The quantitative estimate of drug-likeness (QED) is 0.920. The minimum atomic E-state index is 0.0306. The number of ether oxygens (including phenoxy) is 2. The number of hydrogen-bond acceptors (Lipinski definition) is 4. The fourth-order valence-electron chi connectivity index (χ4n) is 5.03. The van der Waals surface area contributed by atoms with Gasteiger partial charge >= 0.3 is 0 Å². The van der Waals surface area contributed by atoms with E-state index in [9.17, 15) is 0 Å². The van der Waals surface area contributed by atoms with Crippen LogP contribution in [-0.4, -0.2) is 17.7 Å². The molecule has 4 aliphatic carbocycles. The SMILES string of the molecule is COc1nc(OC23CC4CC(CC(C4)C2)C3)ccc1N. The van der Waals surface area contributed by atoms with Crippen LogP contribution in [0.25, 0.3) is 0 Å². The molecule has 1 aromatic heterocycles. The zero-order valence-corrected chi connectivity index (χ0v) is 12.0. The van der Waals surface area contributed by atoms with E-state index in [1.807, 2.05) is 12.1 Å². The Morgan fingerprint density at radius 3 is 2.25 bits per heavy atom. The fraction of sp³-hybridized carbons (Fsp3) is 0.688. The molecule has 4 bridgehead atoms. The van der Waals surface area contributed by atoms with Gasteiger partial charge in [0.25, 0.3) is 0 Å². The molecule has 1 aromatic rings. The van der Waals surface area contributed by atoms with Gasteiger partial charge in [0, 0.05) is 6.07 Å². The molecule has 0 unspecified atom stereocenters. The van der Waals surface area contributed by atoms with Gasteiger partial charge in [-0.25, -0.2) is 0 Å². The van der Waals surface area contributed by atoms with Crippen molar-refractivity contribution in [3.8, 4) is 11.8 Å². The van der Waals surface area contributed by atoms with Crippen molar-refractivity contribution in [3.63, 3.8) is 0 Å². The summed E-state index contributed by atoms with van der Waals surface area (Å²) >= 11 is 0. The molecule has 0 radical (unpaired) electrons. The maximum absolute atomic E-state index is 6.37. The molecule has 4 aliphatic rings. The summed E-state index contributed by atoms with van der Waals surface area (Å²) < 4.78 is 11.6.